The molecule has 3 aromatic rings. The molecule has 2 heterocycles. The summed E-state index contributed by atoms with van der Waals surface area (Å²) in [4.78, 5) is 24.8. The van der Waals surface area contributed by atoms with Gasteiger partial charge in [0.1, 0.15) is 29.6 Å². The highest BCUT2D eigenvalue weighted by atomic mass is 32.1. The molecule has 168 valence electrons. The van der Waals surface area contributed by atoms with E-state index in [1.165, 1.54) is 11.0 Å². The van der Waals surface area contributed by atoms with E-state index in [2.05, 4.69) is 5.32 Å². The fourth-order valence-corrected chi connectivity index (χ4v) is 3.73. The van der Waals surface area contributed by atoms with Gasteiger partial charge in [0, 0.05) is 18.2 Å². The first kappa shape index (κ1) is 22.2. The molecule has 10 heteroatoms. The number of benzene rings is 2. The van der Waals surface area contributed by atoms with Gasteiger partial charge in [0.25, 0.3) is 5.91 Å². The first-order chi connectivity index (χ1) is 15.8. The summed E-state index contributed by atoms with van der Waals surface area (Å²) < 4.78 is 24.5. The molecule has 0 saturated carbocycles. The average Bonchev–Trinajstić information content (AvgIpc) is 3.35. The molecule has 1 atom stereocenters. The Hall–Kier alpha value is -4.05. The van der Waals surface area contributed by atoms with Crippen LogP contribution in [0.1, 0.15) is 30.0 Å². The maximum Gasteiger partial charge on any atom is 0.311 e. The Kier molecular flexibility index (Phi) is 6.18. The van der Waals surface area contributed by atoms with Crippen LogP contribution in [0.4, 0.5) is 10.1 Å². The number of nitro groups is 1. The van der Waals surface area contributed by atoms with E-state index in [9.17, 15) is 19.3 Å². The number of thiocarbonyl (C=S) groups is 1. The molecule has 1 aliphatic rings. The lowest BCUT2D eigenvalue weighted by Crippen LogP contribution is -2.33. The van der Waals surface area contributed by atoms with E-state index < -0.39 is 10.7 Å². The molecule has 4 rings (SSSR count). The van der Waals surface area contributed by atoms with Gasteiger partial charge in [-0.25, -0.2) is 4.39 Å². The summed E-state index contributed by atoms with van der Waals surface area (Å²) >= 11 is 5.35. The monoisotopic (exact) mass is 467 g/mol. The number of carbonyl (C=O) groups is 1. The van der Waals surface area contributed by atoms with Gasteiger partial charge in [-0.1, -0.05) is 30.3 Å². The third-order valence-electron chi connectivity index (χ3n) is 5.04. The van der Waals surface area contributed by atoms with Gasteiger partial charge in [-0.3, -0.25) is 19.8 Å². The quantitative estimate of drug-likeness (QED) is 0.232. The smallest absolute Gasteiger partial charge is 0.311 e. The summed E-state index contributed by atoms with van der Waals surface area (Å²) in [6.45, 7) is 1.72. The lowest BCUT2D eigenvalue weighted by Gasteiger charge is -2.23. The van der Waals surface area contributed by atoms with Crippen LogP contribution in [0.5, 0.6) is 5.75 Å². The SMILES string of the molecule is CC(c1ccccc1)N1C(=O)/C(=C/c2ccc(COc3cc(F)ccc3[N+](=O)[O-])o2)NC1=S. The van der Waals surface area contributed by atoms with Crippen molar-refractivity contribution >= 4 is 35.0 Å². The largest absolute Gasteiger partial charge is 0.479 e. The number of nitrogens with zero attached hydrogens (tertiary/aromatic N) is 2. The molecular weight excluding hydrogens is 449 g/mol. The zero-order valence-electron chi connectivity index (χ0n) is 17.4. The molecule has 1 saturated heterocycles. The highest BCUT2D eigenvalue weighted by Gasteiger charge is 2.35. The predicted molar refractivity (Wildman–Crippen MR) is 122 cm³/mol. The fourth-order valence-electron chi connectivity index (χ4n) is 3.38. The van der Waals surface area contributed by atoms with E-state index in [0.717, 1.165) is 23.8 Å². The van der Waals surface area contributed by atoms with Gasteiger partial charge >= 0.3 is 5.69 Å². The lowest BCUT2D eigenvalue weighted by molar-refractivity contribution is -0.386. The van der Waals surface area contributed by atoms with Crippen molar-refractivity contribution in [1.82, 2.24) is 10.2 Å². The van der Waals surface area contributed by atoms with E-state index in [0.29, 0.717) is 11.5 Å². The molecular formula is C23H18FN3O5S. The maximum absolute atomic E-state index is 13.4. The number of furan rings is 1. The van der Waals surface area contributed by atoms with Crippen LogP contribution >= 0.6 is 12.2 Å². The predicted octanol–water partition coefficient (Wildman–Crippen LogP) is 4.72. The second-order valence-electron chi connectivity index (χ2n) is 7.21. The van der Waals surface area contributed by atoms with Gasteiger partial charge in [-0.15, -0.1) is 0 Å². The molecule has 1 N–H and O–H groups in total. The Morgan fingerprint density at radius 2 is 2.00 bits per heavy atom. The van der Waals surface area contributed by atoms with Crippen LogP contribution in [-0.2, 0) is 11.4 Å². The number of ether oxygens (including phenoxy) is 1. The number of nitro benzene ring substituents is 1. The summed E-state index contributed by atoms with van der Waals surface area (Å²) in [5, 5.41) is 14.3. The molecule has 0 bridgehead atoms. The number of amides is 1. The van der Waals surface area contributed by atoms with E-state index in [-0.39, 0.29) is 40.8 Å². The normalized spacial score (nSPS) is 15.6. The lowest BCUT2D eigenvalue weighted by atomic mass is 10.1. The number of carbonyl (C=O) groups excluding carboxylic acids is 1. The molecule has 1 fully saturated rings. The third kappa shape index (κ3) is 4.75. The van der Waals surface area contributed by atoms with Crippen LogP contribution in [0.25, 0.3) is 6.08 Å². The first-order valence-electron chi connectivity index (χ1n) is 9.90. The Balaban J connectivity index is 1.47. The minimum atomic E-state index is -0.658. The standard InChI is InChI=1S/C23H18FN3O5S/c1-14(15-5-3-2-4-6-15)26-22(28)19(25-23(26)33)12-17-8-9-18(32-17)13-31-21-11-16(24)7-10-20(21)27(29)30/h2-12,14H,13H2,1H3,(H,25,33)/b19-12-. The molecule has 0 radical (unpaired) electrons. The van der Waals surface area contributed by atoms with Crippen LogP contribution in [0.2, 0.25) is 0 Å². The molecule has 33 heavy (non-hydrogen) atoms. The molecule has 1 aromatic heterocycles. The van der Waals surface area contributed by atoms with Crippen molar-refractivity contribution in [1.29, 1.82) is 0 Å². The topological polar surface area (TPSA) is 97.9 Å². The van der Waals surface area contributed by atoms with Gasteiger partial charge in [0.15, 0.2) is 10.9 Å². The number of rotatable bonds is 7. The fraction of sp³-hybridized carbons (Fsp3) is 0.130. The summed E-state index contributed by atoms with van der Waals surface area (Å²) in [6.07, 6.45) is 1.51. The van der Waals surface area contributed by atoms with Crippen LogP contribution in [0.15, 0.2) is 70.8 Å². The van der Waals surface area contributed by atoms with Crippen molar-refractivity contribution in [3.63, 3.8) is 0 Å². The van der Waals surface area contributed by atoms with Crippen molar-refractivity contribution in [2.75, 3.05) is 0 Å². The Morgan fingerprint density at radius 1 is 1.24 bits per heavy atom. The summed E-state index contributed by atoms with van der Waals surface area (Å²) in [5.74, 6) is -0.463. The molecule has 1 aliphatic heterocycles. The number of hydrogen-bond donors (Lipinski definition) is 1. The number of halogens is 1. The van der Waals surface area contributed by atoms with Crippen molar-refractivity contribution in [3.8, 4) is 5.75 Å². The van der Waals surface area contributed by atoms with Crippen LogP contribution < -0.4 is 10.1 Å². The molecule has 0 spiro atoms. The maximum atomic E-state index is 13.4. The Labute approximate surface area is 193 Å². The second kappa shape index (κ2) is 9.21. The van der Waals surface area contributed by atoms with Crippen LogP contribution in [0, 0.1) is 15.9 Å². The molecule has 1 unspecified atom stereocenters. The summed E-state index contributed by atoms with van der Waals surface area (Å²) in [7, 11) is 0. The summed E-state index contributed by atoms with van der Waals surface area (Å²) in [5.41, 5.74) is 0.845. The van der Waals surface area contributed by atoms with Crippen molar-refractivity contribution in [3.05, 3.63) is 99.4 Å². The second-order valence-corrected chi connectivity index (χ2v) is 7.60. The third-order valence-corrected chi connectivity index (χ3v) is 5.34. The highest BCUT2D eigenvalue weighted by molar-refractivity contribution is 7.80. The van der Waals surface area contributed by atoms with E-state index in [1.807, 2.05) is 37.3 Å². The van der Waals surface area contributed by atoms with Crippen LogP contribution in [0.3, 0.4) is 0 Å². The van der Waals surface area contributed by atoms with E-state index in [4.69, 9.17) is 21.4 Å². The molecule has 8 nitrogen and oxygen atoms in total. The highest BCUT2D eigenvalue weighted by Crippen LogP contribution is 2.29. The van der Waals surface area contributed by atoms with E-state index in [1.54, 1.807) is 12.1 Å². The van der Waals surface area contributed by atoms with Gasteiger partial charge in [0.05, 0.1) is 11.0 Å². The zero-order valence-corrected chi connectivity index (χ0v) is 18.2. The van der Waals surface area contributed by atoms with Crippen molar-refractivity contribution in [2.24, 2.45) is 0 Å². The van der Waals surface area contributed by atoms with E-state index >= 15 is 0 Å². The van der Waals surface area contributed by atoms with Gasteiger partial charge in [-0.05, 0) is 42.9 Å². The van der Waals surface area contributed by atoms with Gasteiger partial charge in [0.2, 0.25) is 0 Å². The van der Waals surface area contributed by atoms with Crippen molar-refractivity contribution in [2.45, 2.75) is 19.6 Å². The first-order valence-corrected chi connectivity index (χ1v) is 10.3. The molecule has 0 aliphatic carbocycles. The van der Waals surface area contributed by atoms with Crippen LogP contribution in [-0.4, -0.2) is 20.8 Å². The zero-order chi connectivity index (χ0) is 23.5. The summed E-state index contributed by atoms with van der Waals surface area (Å²) in [6, 6.07) is 15.4. The minimum Gasteiger partial charge on any atom is -0.479 e. The molecule has 1 amide bonds. The number of nitrogens with one attached hydrogen (secondary N) is 1. The van der Waals surface area contributed by atoms with Gasteiger partial charge in [-0.2, -0.15) is 0 Å². The number of hydrogen-bond acceptors (Lipinski definition) is 6. The molecule has 2 aromatic carbocycles. The van der Waals surface area contributed by atoms with Gasteiger partial charge < -0.3 is 14.5 Å². The van der Waals surface area contributed by atoms with Crippen molar-refractivity contribution < 1.29 is 23.3 Å². The Bertz CT molecular complexity index is 1260. The minimum absolute atomic E-state index is 0.162. The average molecular weight is 467 g/mol. The Morgan fingerprint density at radius 3 is 2.73 bits per heavy atom.